The maximum Gasteiger partial charge on any atom is 0.290 e. The van der Waals surface area contributed by atoms with Crippen LogP contribution in [0.15, 0.2) is 73.3 Å². The minimum atomic E-state index is -3.48. The maximum absolute atomic E-state index is 12.4. The topological polar surface area (TPSA) is 110 Å². The van der Waals surface area contributed by atoms with E-state index in [9.17, 15) is 8.42 Å². The Hall–Kier alpha value is -3.66. The van der Waals surface area contributed by atoms with Crippen LogP contribution in [0, 0.1) is 0 Å². The van der Waals surface area contributed by atoms with Gasteiger partial charge < -0.3 is 9.51 Å². The van der Waals surface area contributed by atoms with Crippen LogP contribution >= 0.6 is 0 Å². The number of pyridine rings is 1. The summed E-state index contributed by atoms with van der Waals surface area (Å²) < 4.78 is 29.7. The predicted octanol–water partition coefficient (Wildman–Crippen LogP) is 2.19. The lowest BCUT2D eigenvalue weighted by molar-refractivity contribution is -0.122. The minimum absolute atomic E-state index is 0.156. The minimum Gasteiger partial charge on any atom is -0.483 e. The normalized spacial score (nSPS) is 10.9. The van der Waals surface area contributed by atoms with Crippen LogP contribution in [0.4, 0.5) is 5.69 Å². The van der Waals surface area contributed by atoms with Crippen molar-refractivity contribution in [2.75, 3.05) is 10.6 Å². The Labute approximate surface area is 167 Å². The van der Waals surface area contributed by atoms with E-state index >= 15 is 0 Å². The Morgan fingerprint density at radius 2 is 1.93 bits per heavy atom. The van der Waals surface area contributed by atoms with Crippen molar-refractivity contribution in [3.05, 3.63) is 79.0 Å². The third-order valence-corrected chi connectivity index (χ3v) is 5.15. The van der Waals surface area contributed by atoms with Gasteiger partial charge in [-0.05, 0) is 36.4 Å². The van der Waals surface area contributed by atoms with Gasteiger partial charge in [-0.3, -0.25) is 9.10 Å². The van der Waals surface area contributed by atoms with Gasteiger partial charge in [0, 0.05) is 24.8 Å². The Morgan fingerprint density at radius 1 is 1.14 bits per heavy atom. The van der Waals surface area contributed by atoms with E-state index in [4.69, 9.17) is 9.90 Å². The number of hydrogen-bond acceptors (Lipinski definition) is 5. The molecule has 1 N–H and O–H groups in total. The van der Waals surface area contributed by atoms with E-state index in [1.807, 2.05) is 59.4 Å². The molecule has 3 heterocycles. The molecular formula is C19H19N5O4S. The zero-order chi connectivity index (χ0) is 20.9. The zero-order valence-corrected chi connectivity index (χ0v) is 16.3. The van der Waals surface area contributed by atoms with E-state index in [2.05, 4.69) is 10.1 Å². The molecule has 1 aromatic carbocycles. The standard InChI is InChI=1S/C18H17N5O2S.CH2O2/c1-26(24,25)23(14-15-13-21-10-3-2-8-18(21)20-15)17-7-4-6-16(12-17)22-11-5-9-19-22;2-1-3/h2-13H,14H2,1H3;1H,(H,2,3). The lowest BCUT2D eigenvalue weighted by atomic mass is 10.2. The van der Waals surface area contributed by atoms with Gasteiger partial charge in [0.1, 0.15) is 5.65 Å². The lowest BCUT2D eigenvalue weighted by Gasteiger charge is -2.22. The first-order valence-electron chi connectivity index (χ1n) is 8.50. The van der Waals surface area contributed by atoms with E-state index in [-0.39, 0.29) is 13.0 Å². The first kappa shape index (κ1) is 20.1. The van der Waals surface area contributed by atoms with Crippen LogP contribution in [0.3, 0.4) is 0 Å². The van der Waals surface area contributed by atoms with Gasteiger partial charge in [0.05, 0.1) is 29.9 Å². The Bertz CT molecular complexity index is 1170. The van der Waals surface area contributed by atoms with Crippen molar-refractivity contribution in [1.82, 2.24) is 19.2 Å². The highest BCUT2D eigenvalue weighted by molar-refractivity contribution is 7.92. The van der Waals surface area contributed by atoms with Gasteiger partial charge >= 0.3 is 0 Å². The monoisotopic (exact) mass is 413 g/mol. The van der Waals surface area contributed by atoms with Crippen LogP contribution in [0.5, 0.6) is 0 Å². The van der Waals surface area contributed by atoms with E-state index in [0.717, 1.165) is 11.3 Å². The van der Waals surface area contributed by atoms with Crippen molar-refractivity contribution in [3.8, 4) is 5.69 Å². The van der Waals surface area contributed by atoms with Gasteiger partial charge in [0.2, 0.25) is 10.0 Å². The smallest absolute Gasteiger partial charge is 0.290 e. The second kappa shape index (κ2) is 8.57. The summed E-state index contributed by atoms with van der Waals surface area (Å²) >= 11 is 0. The molecule has 0 fully saturated rings. The van der Waals surface area contributed by atoms with Crippen molar-refractivity contribution >= 4 is 27.8 Å². The first-order chi connectivity index (χ1) is 13.9. The van der Waals surface area contributed by atoms with Crippen LogP contribution < -0.4 is 4.31 Å². The quantitative estimate of drug-likeness (QED) is 0.502. The van der Waals surface area contributed by atoms with Gasteiger partial charge in [-0.1, -0.05) is 12.1 Å². The third-order valence-electron chi connectivity index (χ3n) is 4.01. The molecule has 0 radical (unpaired) electrons. The number of anilines is 1. The molecule has 4 rings (SSSR count). The van der Waals surface area contributed by atoms with Crippen molar-refractivity contribution in [3.63, 3.8) is 0 Å². The Morgan fingerprint density at radius 3 is 2.59 bits per heavy atom. The number of nitrogens with zero attached hydrogens (tertiary/aromatic N) is 5. The molecule has 29 heavy (non-hydrogen) atoms. The van der Waals surface area contributed by atoms with E-state index in [0.29, 0.717) is 11.4 Å². The summed E-state index contributed by atoms with van der Waals surface area (Å²) in [6.45, 7) is -0.0942. The highest BCUT2D eigenvalue weighted by Gasteiger charge is 2.20. The average molecular weight is 413 g/mol. The molecule has 0 aliphatic heterocycles. The van der Waals surface area contributed by atoms with Gasteiger partial charge in [0.15, 0.2) is 0 Å². The highest BCUT2D eigenvalue weighted by atomic mass is 32.2. The molecule has 0 bridgehead atoms. The number of sulfonamides is 1. The van der Waals surface area contributed by atoms with Gasteiger partial charge in [-0.15, -0.1) is 0 Å². The van der Waals surface area contributed by atoms with Crippen molar-refractivity contribution < 1.29 is 18.3 Å². The summed E-state index contributed by atoms with van der Waals surface area (Å²) in [5.41, 5.74) is 2.81. The number of hydrogen-bond donors (Lipinski definition) is 1. The molecule has 0 unspecified atom stereocenters. The number of fused-ring (bicyclic) bond motifs is 1. The summed E-state index contributed by atoms with van der Waals surface area (Å²) in [6.07, 6.45) is 8.41. The van der Waals surface area contributed by atoms with Crippen LogP contribution in [-0.4, -0.2) is 45.4 Å². The molecule has 0 saturated carbocycles. The van der Waals surface area contributed by atoms with Crippen LogP contribution in [0.2, 0.25) is 0 Å². The van der Waals surface area contributed by atoms with Gasteiger partial charge in [0.25, 0.3) is 6.47 Å². The number of aromatic nitrogens is 4. The van der Waals surface area contributed by atoms with Crippen molar-refractivity contribution in [1.29, 1.82) is 0 Å². The number of imidazole rings is 1. The fraction of sp³-hybridized carbons (Fsp3) is 0.105. The van der Waals surface area contributed by atoms with Gasteiger partial charge in [-0.2, -0.15) is 5.10 Å². The maximum atomic E-state index is 12.4. The van der Waals surface area contributed by atoms with E-state index in [1.165, 1.54) is 10.6 Å². The molecule has 0 spiro atoms. The zero-order valence-electron chi connectivity index (χ0n) is 15.5. The fourth-order valence-corrected chi connectivity index (χ4v) is 3.69. The second-order valence-corrected chi connectivity index (χ2v) is 7.95. The molecule has 0 amide bonds. The average Bonchev–Trinajstić information content (AvgIpc) is 3.35. The summed E-state index contributed by atoms with van der Waals surface area (Å²) in [5, 5.41) is 11.1. The summed E-state index contributed by atoms with van der Waals surface area (Å²) in [5.74, 6) is 0. The SMILES string of the molecule is CS(=O)(=O)N(Cc1cn2ccccc2n1)c1cccc(-n2cccn2)c1.O=CO. The fourth-order valence-electron chi connectivity index (χ4n) is 2.82. The molecule has 9 nitrogen and oxygen atoms in total. The van der Waals surface area contributed by atoms with Crippen LogP contribution in [0.1, 0.15) is 5.69 Å². The summed E-state index contributed by atoms with van der Waals surface area (Å²) in [4.78, 5) is 12.9. The molecule has 0 aliphatic rings. The summed E-state index contributed by atoms with van der Waals surface area (Å²) in [6, 6.07) is 14.8. The van der Waals surface area contributed by atoms with Gasteiger partial charge in [-0.25, -0.2) is 18.1 Å². The van der Waals surface area contributed by atoms with Crippen molar-refractivity contribution in [2.24, 2.45) is 0 Å². The van der Waals surface area contributed by atoms with E-state index in [1.54, 1.807) is 23.0 Å². The third kappa shape index (κ3) is 4.79. The molecule has 0 aliphatic carbocycles. The molecule has 10 heteroatoms. The number of carboxylic acid groups (broad SMARTS) is 1. The second-order valence-electron chi connectivity index (χ2n) is 6.04. The number of rotatable bonds is 5. The van der Waals surface area contributed by atoms with Crippen LogP contribution in [-0.2, 0) is 21.4 Å². The van der Waals surface area contributed by atoms with E-state index < -0.39 is 10.0 Å². The Balaban J connectivity index is 0.000000755. The largest absolute Gasteiger partial charge is 0.483 e. The molecule has 0 saturated heterocycles. The Kier molecular flexibility index (Phi) is 5.93. The molecule has 4 aromatic rings. The number of benzene rings is 1. The summed E-state index contributed by atoms with van der Waals surface area (Å²) in [7, 11) is -3.48. The molecule has 150 valence electrons. The molecule has 0 atom stereocenters. The first-order valence-corrected chi connectivity index (χ1v) is 10.4. The highest BCUT2D eigenvalue weighted by Crippen LogP contribution is 2.23. The number of carbonyl (C=O) groups is 1. The predicted molar refractivity (Wildman–Crippen MR) is 108 cm³/mol. The lowest BCUT2D eigenvalue weighted by Crippen LogP contribution is -2.29. The molecule has 3 aromatic heterocycles. The van der Waals surface area contributed by atoms with Crippen LogP contribution in [0.25, 0.3) is 11.3 Å². The van der Waals surface area contributed by atoms with Crippen molar-refractivity contribution in [2.45, 2.75) is 6.54 Å². The molecular weight excluding hydrogens is 394 g/mol.